The second-order valence-corrected chi connectivity index (χ2v) is 3.89. The topological polar surface area (TPSA) is 79.7 Å². The first kappa shape index (κ1) is 11.3. The van der Waals surface area contributed by atoms with Crippen LogP contribution in [0.1, 0.15) is 0 Å². The summed E-state index contributed by atoms with van der Waals surface area (Å²) in [7, 11) is 0. The number of rotatable bonds is 3. The summed E-state index contributed by atoms with van der Waals surface area (Å²) in [6, 6.07) is 9.26. The molecule has 0 unspecified atom stereocenters. The smallest absolute Gasteiger partial charge is 0.320 e. The minimum Gasteiger partial charge on any atom is -0.350 e. The zero-order valence-electron chi connectivity index (χ0n) is 9.74. The van der Waals surface area contributed by atoms with Crippen LogP contribution in [0.15, 0.2) is 65.9 Å². The monoisotopic (exact) mass is 258 g/mol. The molecule has 7 heteroatoms. The number of nitro groups is 1. The standard InChI is InChI=1S/C12H10N4O3/c17-16(18)12-10(14-9-4-2-1-3-5-9)6-7-15-11(12)8-13-19-15/h1-8,13-14H. The first-order valence-corrected chi connectivity index (χ1v) is 5.57. The van der Waals surface area contributed by atoms with Crippen LogP contribution in [0.4, 0.5) is 5.69 Å². The Hall–Kier alpha value is -2.80. The van der Waals surface area contributed by atoms with Crippen molar-refractivity contribution in [2.45, 2.75) is 0 Å². The molecule has 2 N–H and O–H groups in total. The van der Waals surface area contributed by atoms with E-state index in [9.17, 15) is 10.1 Å². The molecular formula is C12H10N4O3. The van der Waals surface area contributed by atoms with E-state index in [0.717, 1.165) is 5.69 Å². The zero-order valence-corrected chi connectivity index (χ0v) is 9.74. The van der Waals surface area contributed by atoms with Gasteiger partial charge in [-0.25, -0.2) is 5.48 Å². The van der Waals surface area contributed by atoms with Gasteiger partial charge in [0.05, 0.1) is 11.1 Å². The van der Waals surface area contributed by atoms with Gasteiger partial charge in [-0.3, -0.25) is 10.1 Å². The lowest BCUT2D eigenvalue weighted by atomic mass is 10.2. The quantitative estimate of drug-likeness (QED) is 0.634. The number of hydrogen-bond donors (Lipinski definition) is 2. The van der Waals surface area contributed by atoms with Gasteiger partial charge in [0.2, 0.25) is 0 Å². The van der Waals surface area contributed by atoms with Crippen molar-refractivity contribution in [3.05, 3.63) is 76.0 Å². The first-order valence-electron chi connectivity index (χ1n) is 5.57. The van der Waals surface area contributed by atoms with Crippen LogP contribution < -0.4 is 10.8 Å². The SMILES string of the molecule is O=[N+]([O-])C1=C(Nc2ccccc2)C=CN2ONC=C12. The number of nitrogens with zero attached hydrogens (tertiary/aromatic N) is 2. The van der Waals surface area contributed by atoms with Crippen molar-refractivity contribution in [1.82, 2.24) is 10.5 Å². The normalized spacial score (nSPS) is 16.8. The predicted molar refractivity (Wildman–Crippen MR) is 67.4 cm³/mol. The summed E-state index contributed by atoms with van der Waals surface area (Å²) in [6.45, 7) is 0. The summed E-state index contributed by atoms with van der Waals surface area (Å²) in [5.41, 5.74) is 3.98. The largest absolute Gasteiger partial charge is 0.350 e. The maximum Gasteiger partial charge on any atom is 0.320 e. The van der Waals surface area contributed by atoms with Crippen molar-refractivity contribution in [3.63, 3.8) is 0 Å². The summed E-state index contributed by atoms with van der Waals surface area (Å²) >= 11 is 0. The molecule has 1 aromatic rings. The average molecular weight is 258 g/mol. The van der Waals surface area contributed by atoms with E-state index in [0.29, 0.717) is 11.4 Å². The van der Waals surface area contributed by atoms with Crippen LogP contribution in [0.5, 0.6) is 0 Å². The summed E-state index contributed by atoms with van der Waals surface area (Å²) in [6.07, 6.45) is 4.63. The second kappa shape index (κ2) is 4.46. The molecule has 2 aliphatic rings. The van der Waals surface area contributed by atoms with Gasteiger partial charge in [0.25, 0.3) is 0 Å². The van der Waals surface area contributed by atoms with E-state index in [1.165, 1.54) is 11.3 Å². The van der Waals surface area contributed by atoms with Crippen LogP contribution in [-0.2, 0) is 4.94 Å². The number of hydrogen-bond acceptors (Lipinski definition) is 6. The van der Waals surface area contributed by atoms with E-state index in [2.05, 4.69) is 10.8 Å². The Morgan fingerprint density at radius 3 is 2.84 bits per heavy atom. The van der Waals surface area contributed by atoms with E-state index in [1.807, 2.05) is 30.3 Å². The molecule has 2 aliphatic heterocycles. The molecule has 2 heterocycles. The molecule has 3 rings (SSSR count). The summed E-state index contributed by atoms with van der Waals surface area (Å²) < 4.78 is 0. The summed E-state index contributed by atoms with van der Waals surface area (Å²) in [5, 5.41) is 15.5. The number of fused-ring (bicyclic) bond motifs is 1. The van der Waals surface area contributed by atoms with Crippen molar-refractivity contribution < 1.29 is 9.86 Å². The molecular weight excluding hydrogens is 248 g/mol. The van der Waals surface area contributed by atoms with Crippen LogP contribution in [0.25, 0.3) is 0 Å². The van der Waals surface area contributed by atoms with Gasteiger partial charge >= 0.3 is 5.70 Å². The molecule has 0 fully saturated rings. The minimum atomic E-state index is -0.441. The molecule has 0 aromatic heterocycles. The van der Waals surface area contributed by atoms with E-state index < -0.39 is 4.92 Å². The van der Waals surface area contributed by atoms with Gasteiger partial charge in [-0.1, -0.05) is 18.2 Å². The summed E-state index contributed by atoms with van der Waals surface area (Å²) in [5.74, 6) is 0. The Morgan fingerprint density at radius 2 is 2.11 bits per heavy atom. The molecule has 0 saturated carbocycles. The Bertz CT molecular complexity index is 607. The average Bonchev–Trinajstić information content (AvgIpc) is 2.87. The van der Waals surface area contributed by atoms with Crippen molar-refractivity contribution in [3.8, 4) is 0 Å². The molecule has 0 saturated heterocycles. The van der Waals surface area contributed by atoms with Gasteiger partial charge in [-0.15, -0.1) is 0 Å². The Labute approximate surface area is 108 Å². The van der Waals surface area contributed by atoms with Gasteiger partial charge in [0, 0.05) is 11.9 Å². The number of benzene rings is 1. The molecule has 1 aromatic carbocycles. The predicted octanol–water partition coefficient (Wildman–Crippen LogP) is 1.71. The number of nitrogens with one attached hydrogen (secondary N) is 2. The fraction of sp³-hybridized carbons (Fsp3) is 0. The van der Waals surface area contributed by atoms with Crippen molar-refractivity contribution in [2.24, 2.45) is 0 Å². The van der Waals surface area contributed by atoms with E-state index in [-0.39, 0.29) is 5.70 Å². The zero-order chi connectivity index (χ0) is 13.2. The molecule has 0 aliphatic carbocycles. The lowest BCUT2D eigenvalue weighted by molar-refractivity contribution is -0.425. The van der Waals surface area contributed by atoms with Crippen molar-refractivity contribution in [2.75, 3.05) is 5.32 Å². The van der Waals surface area contributed by atoms with Crippen LogP contribution in [0.3, 0.4) is 0 Å². The van der Waals surface area contributed by atoms with E-state index >= 15 is 0 Å². The fourth-order valence-electron chi connectivity index (χ4n) is 1.86. The van der Waals surface area contributed by atoms with Crippen LogP contribution in [0, 0.1) is 10.1 Å². The number of allylic oxidation sites excluding steroid dienone is 1. The Morgan fingerprint density at radius 1 is 1.32 bits per heavy atom. The minimum absolute atomic E-state index is 0.0450. The third kappa shape index (κ3) is 2.02. The molecule has 0 bridgehead atoms. The second-order valence-electron chi connectivity index (χ2n) is 3.89. The number of anilines is 1. The van der Waals surface area contributed by atoms with Crippen LogP contribution in [-0.4, -0.2) is 9.99 Å². The van der Waals surface area contributed by atoms with Gasteiger partial charge in [-0.05, 0) is 18.2 Å². The molecule has 0 spiro atoms. The van der Waals surface area contributed by atoms with Crippen molar-refractivity contribution in [1.29, 1.82) is 0 Å². The number of hydroxylamine groups is 3. The van der Waals surface area contributed by atoms with Crippen LogP contribution >= 0.6 is 0 Å². The molecule has 0 atom stereocenters. The van der Waals surface area contributed by atoms with Gasteiger partial charge < -0.3 is 5.32 Å². The molecule has 0 radical (unpaired) electrons. The molecule has 96 valence electrons. The third-order valence-corrected chi connectivity index (χ3v) is 2.69. The highest BCUT2D eigenvalue weighted by molar-refractivity contribution is 5.54. The molecule has 7 nitrogen and oxygen atoms in total. The third-order valence-electron chi connectivity index (χ3n) is 2.69. The highest BCUT2D eigenvalue weighted by Gasteiger charge is 2.33. The molecule has 0 amide bonds. The highest BCUT2D eigenvalue weighted by Crippen LogP contribution is 2.28. The van der Waals surface area contributed by atoms with Crippen molar-refractivity contribution >= 4 is 5.69 Å². The lowest BCUT2D eigenvalue weighted by Crippen LogP contribution is -2.23. The first-order chi connectivity index (χ1) is 9.25. The highest BCUT2D eigenvalue weighted by atomic mass is 16.8. The van der Waals surface area contributed by atoms with E-state index in [1.54, 1.807) is 12.3 Å². The Kier molecular flexibility index (Phi) is 2.66. The maximum atomic E-state index is 11.2. The van der Waals surface area contributed by atoms with E-state index in [4.69, 9.17) is 4.94 Å². The van der Waals surface area contributed by atoms with Gasteiger partial charge in [-0.2, -0.15) is 10.0 Å². The lowest BCUT2D eigenvalue weighted by Gasteiger charge is -2.18. The Balaban J connectivity index is 1.99. The van der Waals surface area contributed by atoms with Crippen LogP contribution in [0.2, 0.25) is 0 Å². The fourth-order valence-corrected chi connectivity index (χ4v) is 1.86. The molecule has 19 heavy (non-hydrogen) atoms. The maximum absolute atomic E-state index is 11.2. The van der Waals surface area contributed by atoms with Gasteiger partial charge in [0.15, 0.2) is 5.70 Å². The van der Waals surface area contributed by atoms with Gasteiger partial charge in [0.1, 0.15) is 5.70 Å². The number of para-hydroxylation sites is 1. The summed E-state index contributed by atoms with van der Waals surface area (Å²) in [4.78, 5) is 15.8.